The summed E-state index contributed by atoms with van der Waals surface area (Å²) in [4.78, 5) is 25.6. The molecule has 0 bridgehead atoms. The first-order valence-corrected chi connectivity index (χ1v) is 15.3. The van der Waals surface area contributed by atoms with Crippen LogP contribution in [0.3, 0.4) is 0 Å². The van der Waals surface area contributed by atoms with Crippen molar-refractivity contribution in [3.63, 3.8) is 0 Å². The largest absolute Gasteiger partial charge is 0.457 e. The molecule has 0 aliphatic rings. The smallest absolute Gasteiger partial charge is 0.274 e. The number of ether oxygens (including phenoxy) is 1. The fourth-order valence-corrected chi connectivity index (χ4v) is 5.99. The number of sulfonamides is 1. The second-order valence-electron chi connectivity index (χ2n) is 9.15. The van der Waals surface area contributed by atoms with Gasteiger partial charge in [0.25, 0.3) is 21.3 Å². The molecular formula is C27H22N4O8S2. The maximum atomic E-state index is 12.9. The Balaban J connectivity index is 1.55. The van der Waals surface area contributed by atoms with Gasteiger partial charge in [0.05, 0.1) is 20.4 Å². The van der Waals surface area contributed by atoms with Crippen LogP contribution in [0.5, 0.6) is 11.5 Å². The monoisotopic (exact) mass is 594 g/mol. The lowest BCUT2D eigenvalue weighted by atomic mass is 10.0. The molecule has 0 atom stereocenters. The van der Waals surface area contributed by atoms with Crippen molar-refractivity contribution in [2.24, 2.45) is 7.05 Å². The highest BCUT2D eigenvalue weighted by Crippen LogP contribution is 2.38. The van der Waals surface area contributed by atoms with Crippen LogP contribution in [0.4, 0.5) is 11.4 Å². The maximum absolute atomic E-state index is 12.9. The second kappa shape index (κ2) is 10.2. The molecule has 210 valence electrons. The van der Waals surface area contributed by atoms with Crippen LogP contribution < -0.4 is 15.0 Å². The summed E-state index contributed by atoms with van der Waals surface area (Å²) in [5.41, 5.74) is 0.739. The number of pyridine rings is 1. The zero-order valence-electron chi connectivity index (χ0n) is 21.6. The molecule has 0 unspecified atom stereocenters. The summed E-state index contributed by atoms with van der Waals surface area (Å²) in [5.74, 6) is 0.463. The van der Waals surface area contributed by atoms with Crippen LogP contribution in [-0.4, -0.2) is 37.6 Å². The molecule has 0 amide bonds. The number of anilines is 1. The first-order valence-electron chi connectivity index (χ1n) is 11.9. The molecule has 0 radical (unpaired) electrons. The highest BCUT2D eigenvalue weighted by Gasteiger charge is 2.20. The number of non-ortho nitro benzene ring substituents is 1. The standard InChI is InChI=1S/C27H22N4O8S2/c1-30-16-24(22-11-12-28-26(22)27(30)32)23-15-20(40(2,35)36)9-10-25(23)39-19-7-3-5-17(13-19)29-41(37,38)21-8-4-6-18(14-21)31(33)34/h3-16,28-29H,1-2H3. The lowest BCUT2D eigenvalue weighted by Crippen LogP contribution is -2.16. The SMILES string of the molecule is Cn1cc(-c2cc(S(C)(=O)=O)ccc2Oc2cccc(NS(=O)(=O)c3cccc([N+](=O)[O-])c3)c2)c2cc[nH]c2c1=O. The Kier molecular flexibility index (Phi) is 6.88. The van der Waals surface area contributed by atoms with Gasteiger partial charge in [0.1, 0.15) is 17.0 Å². The average molecular weight is 595 g/mol. The molecule has 0 fully saturated rings. The van der Waals surface area contributed by atoms with Gasteiger partial charge in [-0.15, -0.1) is 0 Å². The van der Waals surface area contributed by atoms with Crippen molar-refractivity contribution in [2.75, 3.05) is 11.0 Å². The minimum atomic E-state index is -4.17. The zero-order valence-corrected chi connectivity index (χ0v) is 23.2. The van der Waals surface area contributed by atoms with E-state index in [1.165, 1.54) is 53.1 Å². The number of H-pyrrole nitrogens is 1. The Labute approximate surface area is 234 Å². The predicted octanol–water partition coefficient (Wildman–Crippen LogP) is 4.44. The number of nitrogens with zero attached hydrogens (tertiary/aromatic N) is 2. The van der Waals surface area contributed by atoms with E-state index in [4.69, 9.17) is 4.74 Å². The van der Waals surface area contributed by atoms with E-state index in [2.05, 4.69) is 9.71 Å². The molecular weight excluding hydrogens is 572 g/mol. The maximum Gasteiger partial charge on any atom is 0.274 e. The molecule has 5 aromatic rings. The summed E-state index contributed by atoms with van der Waals surface area (Å²) in [6.45, 7) is 0. The number of nitro benzene ring substituents is 1. The summed E-state index contributed by atoms with van der Waals surface area (Å²) in [5, 5.41) is 11.6. The molecule has 2 aromatic heterocycles. The van der Waals surface area contributed by atoms with Gasteiger partial charge in [0.2, 0.25) is 0 Å². The molecule has 14 heteroatoms. The summed E-state index contributed by atoms with van der Waals surface area (Å²) < 4.78 is 60.4. The Morgan fingerprint density at radius 2 is 1.68 bits per heavy atom. The average Bonchev–Trinajstić information content (AvgIpc) is 3.41. The van der Waals surface area contributed by atoms with Gasteiger partial charge in [-0.25, -0.2) is 16.8 Å². The highest BCUT2D eigenvalue weighted by molar-refractivity contribution is 7.92. The van der Waals surface area contributed by atoms with Gasteiger partial charge in [0.15, 0.2) is 9.84 Å². The number of aryl methyl sites for hydroxylation is 1. The number of nitro groups is 1. The number of aromatic amines is 1. The van der Waals surface area contributed by atoms with E-state index < -0.39 is 24.8 Å². The number of hydrogen-bond acceptors (Lipinski definition) is 8. The molecule has 2 heterocycles. The van der Waals surface area contributed by atoms with E-state index in [1.807, 2.05) is 0 Å². The van der Waals surface area contributed by atoms with Crippen molar-refractivity contribution in [3.8, 4) is 22.6 Å². The van der Waals surface area contributed by atoms with Crippen molar-refractivity contribution in [1.82, 2.24) is 9.55 Å². The van der Waals surface area contributed by atoms with Crippen molar-refractivity contribution >= 4 is 42.1 Å². The third-order valence-electron chi connectivity index (χ3n) is 6.22. The van der Waals surface area contributed by atoms with Crippen LogP contribution >= 0.6 is 0 Å². The third-order valence-corrected chi connectivity index (χ3v) is 8.71. The Morgan fingerprint density at radius 3 is 2.41 bits per heavy atom. The van der Waals surface area contributed by atoms with Crippen molar-refractivity contribution < 1.29 is 26.5 Å². The molecule has 0 aliphatic carbocycles. The number of benzene rings is 3. The minimum Gasteiger partial charge on any atom is -0.457 e. The van der Waals surface area contributed by atoms with Crippen LogP contribution in [0, 0.1) is 10.1 Å². The van der Waals surface area contributed by atoms with Gasteiger partial charge >= 0.3 is 0 Å². The summed E-state index contributed by atoms with van der Waals surface area (Å²) >= 11 is 0. The number of fused-ring (bicyclic) bond motifs is 1. The number of sulfone groups is 1. The number of nitrogens with one attached hydrogen (secondary N) is 2. The first-order chi connectivity index (χ1) is 19.3. The van der Waals surface area contributed by atoms with Crippen LogP contribution in [0.15, 0.2) is 99.8 Å². The molecule has 12 nitrogen and oxygen atoms in total. The second-order valence-corrected chi connectivity index (χ2v) is 12.8. The Bertz CT molecular complexity index is 2120. The highest BCUT2D eigenvalue weighted by atomic mass is 32.2. The van der Waals surface area contributed by atoms with Gasteiger partial charge in [-0.05, 0) is 42.5 Å². The van der Waals surface area contributed by atoms with E-state index in [0.717, 1.165) is 12.3 Å². The number of rotatable bonds is 8. The van der Waals surface area contributed by atoms with Crippen LogP contribution in [-0.2, 0) is 26.9 Å². The Hall–Kier alpha value is -4.95. The number of aromatic nitrogens is 2. The summed E-state index contributed by atoms with van der Waals surface area (Å²) in [7, 11) is -6.19. The lowest BCUT2D eigenvalue weighted by molar-refractivity contribution is -0.385. The lowest BCUT2D eigenvalue weighted by Gasteiger charge is -2.15. The van der Waals surface area contributed by atoms with Crippen molar-refractivity contribution in [1.29, 1.82) is 0 Å². The predicted molar refractivity (Wildman–Crippen MR) is 153 cm³/mol. The fourth-order valence-electron chi connectivity index (χ4n) is 4.25. The molecule has 2 N–H and O–H groups in total. The normalized spacial score (nSPS) is 11.9. The fraction of sp³-hybridized carbons (Fsp3) is 0.0741. The number of hydrogen-bond donors (Lipinski definition) is 2. The zero-order chi connectivity index (χ0) is 29.5. The Morgan fingerprint density at radius 1 is 0.927 bits per heavy atom. The molecule has 3 aromatic carbocycles. The molecule has 0 saturated heterocycles. The van der Waals surface area contributed by atoms with Gasteiger partial charge in [-0.3, -0.25) is 19.6 Å². The third kappa shape index (κ3) is 5.55. The van der Waals surface area contributed by atoms with Crippen LogP contribution in [0.2, 0.25) is 0 Å². The molecule has 41 heavy (non-hydrogen) atoms. The van der Waals surface area contributed by atoms with E-state index >= 15 is 0 Å². The summed E-state index contributed by atoms with van der Waals surface area (Å²) in [6.07, 6.45) is 4.26. The molecule has 0 aliphatic heterocycles. The molecule has 5 rings (SSSR count). The van der Waals surface area contributed by atoms with Gasteiger partial charge < -0.3 is 14.3 Å². The quantitative estimate of drug-likeness (QED) is 0.196. The molecule has 0 spiro atoms. The van der Waals surface area contributed by atoms with Crippen molar-refractivity contribution in [3.05, 3.63) is 106 Å². The minimum absolute atomic E-state index is 0.0378. The topological polar surface area (TPSA) is 170 Å². The van der Waals surface area contributed by atoms with Crippen molar-refractivity contribution in [2.45, 2.75) is 9.79 Å². The van der Waals surface area contributed by atoms with E-state index in [1.54, 1.807) is 37.6 Å². The van der Waals surface area contributed by atoms with Crippen LogP contribution in [0.25, 0.3) is 22.0 Å². The van der Waals surface area contributed by atoms with Crippen LogP contribution in [0.1, 0.15) is 0 Å². The van der Waals surface area contributed by atoms with Gasteiger partial charge in [-0.1, -0.05) is 12.1 Å². The van der Waals surface area contributed by atoms with E-state index in [-0.39, 0.29) is 38.2 Å². The summed E-state index contributed by atoms with van der Waals surface area (Å²) in [6, 6.07) is 16.7. The van der Waals surface area contributed by atoms with E-state index in [9.17, 15) is 31.7 Å². The van der Waals surface area contributed by atoms with E-state index in [0.29, 0.717) is 22.0 Å². The first kappa shape index (κ1) is 27.6. The van der Waals surface area contributed by atoms with Gasteiger partial charge in [0, 0.05) is 60.4 Å². The van der Waals surface area contributed by atoms with Gasteiger partial charge in [-0.2, -0.15) is 0 Å². The molecule has 0 saturated carbocycles.